The molecule has 2 aromatic carbocycles. The molecule has 0 bridgehead atoms. The van der Waals surface area contributed by atoms with Crippen LogP contribution in [0.5, 0.6) is 0 Å². The molecule has 0 atom stereocenters. The van der Waals surface area contributed by atoms with E-state index >= 15 is 0 Å². The number of benzene rings is 2. The summed E-state index contributed by atoms with van der Waals surface area (Å²) in [6.45, 7) is 0. The number of hydrogen-bond donors (Lipinski definition) is 0. The maximum atomic E-state index is 14.0. The van der Waals surface area contributed by atoms with Gasteiger partial charge in [-0.25, -0.2) is 13.5 Å². The summed E-state index contributed by atoms with van der Waals surface area (Å²) in [5.41, 5.74) is 2.67. The van der Waals surface area contributed by atoms with Crippen molar-refractivity contribution in [3.8, 4) is 17.1 Å². The van der Waals surface area contributed by atoms with Crippen molar-refractivity contribution in [1.82, 2.24) is 19.7 Å². The van der Waals surface area contributed by atoms with Gasteiger partial charge in [0.15, 0.2) is 11.6 Å². The monoisotopic (exact) mass is 506 g/mol. The molecule has 0 unspecified atom stereocenters. The van der Waals surface area contributed by atoms with Gasteiger partial charge in [-0.1, -0.05) is 11.6 Å². The SMILES string of the molecule is Fc1cccc(F)c1-n1ncnc1-c1[c-]ccc2scnc12.[Ir]. The first kappa shape index (κ1) is 15.9. The predicted molar refractivity (Wildman–Crippen MR) is 78.7 cm³/mol. The van der Waals surface area contributed by atoms with Gasteiger partial charge in [0.1, 0.15) is 12.0 Å². The molecule has 117 valence electrons. The Bertz CT molecular complexity index is 962. The fourth-order valence-electron chi connectivity index (χ4n) is 2.27. The van der Waals surface area contributed by atoms with Crippen molar-refractivity contribution >= 4 is 21.6 Å². The minimum absolute atomic E-state index is 0. The minimum atomic E-state index is -0.711. The fourth-order valence-corrected chi connectivity index (χ4v) is 2.95. The Morgan fingerprint density at radius 1 is 1.09 bits per heavy atom. The molecule has 0 aliphatic rings. The topological polar surface area (TPSA) is 43.6 Å². The molecule has 4 nitrogen and oxygen atoms in total. The number of hydrogen-bond acceptors (Lipinski definition) is 4. The number of fused-ring (bicyclic) bond motifs is 1. The number of aromatic nitrogens is 4. The molecule has 0 saturated carbocycles. The fraction of sp³-hybridized carbons (Fsp3) is 0. The van der Waals surface area contributed by atoms with E-state index in [4.69, 9.17) is 0 Å². The van der Waals surface area contributed by atoms with Crippen LogP contribution in [0.3, 0.4) is 0 Å². The number of para-hydroxylation sites is 1. The molecule has 23 heavy (non-hydrogen) atoms. The second-order valence-corrected chi connectivity index (χ2v) is 5.37. The summed E-state index contributed by atoms with van der Waals surface area (Å²) in [4.78, 5) is 8.40. The van der Waals surface area contributed by atoms with Crippen LogP contribution in [0.1, 0.15) is 0 Å². The van der Waals surface area contributed by atoms with Crippen LogP contribution in [0.2, 0.25) is 0 Å². The van der Waals surface area contributed by atoms with E-state index in [9.17, 15) is 8.78 Å². The first-order chi connectivity index (χ1) is 10.8. The van der Waals surface area contributed by atoms with E-state index in [1.54, 1.807) is 11.6 Å². The molecule has 8 heteroatoms. The third kappa shape index (κ3) is 2.59. The average Bonchev–Trinajstić information content (AvgIpc) is 3.15. The van der Waals surface area contributed by atoms with Crippen LogP contribution in [0.25, 0.3) is 27.3 Å². The third-order valence-electron chi connectivity index (χ3n) is 3.21. The first-order valence-corrected chi connectivity index (χ1v) is 7.22. The van der Waals surface area contributed by atoms with Crippen molar-refractivity contribution in [2.75, 3.05) is 0 Å². The van der Waals surface area contributed by atoms with Crippen LogP contribution in [0.4, 0.5) is 8.78 Å². The van der Waals surface area contributed by atoms with Crippen LogP contribution < -0.4 is 0 Å². The van der Waals surface area contributed by atoms with Crippen LogP contribution >= 0.6 is 11.3 Å². The van der Waals surface area contributed by atoms with Crippen molar-refractivity contribution in [1.29, 1.82) is 0 Å². The van der Waals surface area contributed by atoms with Gasteiger partial charge in [-0.05, 0) is 16.8 Å². The molecular formula is C15H7F2IrN4S-. The van der Waals surface area contributed by atoms with E-state index in [1.807, 2.05) is 6.07 Å². The van der Waals surface area contributed by atoms with Gasteiger partial charge in [-0.15, -0.1) is 29.5 Å². The molecule has 1 radical (unpaired) electrons. The summed E-state index contributed by atoms with van der Waals surface area (Å²) in [6, 6.07) is 10.3. The molecule has 2 heterocycles. The quantitative estimate of drug-likeness (QED) is 0.391. The van der Waals surface area contributed by atoms with Gasteiger partial charge in [-0.2, -0.15) is 5.10 Å². The van der Waals surface area contributed by atoms with Crippen LogP contribution in [-0.4, -0.2) is 19.7 Å². The molecule has 0 aliphatic heterocycles. The predicted octanol–water partition coefficient (Wildman–Crippen LogP) is 3.62. The number of nitrogens with zero attached hydrogens (tertiary/aromatic N) is 4. The van der Waals surface area contributed by atoms with E-state index < -0.39 is 11.6 Å². The number of rotatable bonds is 2. The summed E-state index contributed by atoms with van der Waals surface area (Å²) >= 11 is 1.47. The maximum Gasteiger partial charge on any atom is 0.151 e. The van der Waals surface area contributed by atoms with Crippen molar-refractivity contribution in [3.05, 3.63) is 59.9 Å². The van der Waals surface area contributed by atoms with Crippen molar-refractivity contribution < 1.29 is 28.9 Å². The largest absolute Gasteiger partial charge is 0.293 e. The second-order valence-electron chi connectivity index (χ2n) is 4.48. The van der Waals surface area contributed by atoms with Crippen molar-refractivity contribution in [2.24, 2.45) is 0 Å². The molecule has 4 rings (SSSR count). The molecule has 0 N–H and O–H groups in total. The third-order valence-corrected chi connectivity index (χ3v) is 4.01. The van der Waals surface area contributed by atoms with Gasteiger partial charge in [0, 0.05) is 25.6 Å². The van der Waals surface area contributed by atoms with Gasteiger partial charge < -0.3 is 0 Å². The Kier molecular flexibility index (Phi) is 4.30. The number of halogens is 2. The minimum Gasteiger partial charge on any atom is -0.293 e. The molecule has 4 aromatic rings. The average molecular weight is 506 g/mol. The smallest absolute Gasteiger partial charge is 0.151 e. The van der Waals surface area contributed by atoms with Gasteiger partial charge in [0.2, 0.25) is 0 Å². The van der Waals surface area contributed by atoms with E-state index in [-0.39, 0.29) is 25.8 Å². The van der Waals surface area contributed by atoms with Crippen molar-refractivity contribution in [2.45, 2.75) is 0 Å². The summed E-state index contributed by atoms with van der Waals surface area (Å²) in [5.74, 6) is -1.13. The van der Waals surface area contributed by atoms with Gasteiger partial charge >= 0.3 is 0 Å². The van der Waals surface area contributed by atoms with Crippen LogP contribution in [-0.2, 0) is 20.1 Å². The second kappa shape index (κ2) is 6.23. The molecule has 0 fully saturated rings. The molecule has 0 saturated heterocycles. The van der Waals surface area contributed by atoms with Crippen LogP contribution in [0, 0.1) is 17.7 Å². The van der Waals surface area contributed by atoms with Gasteiger partial charge in [-0.3, -0.25) is 9.97 Å². The molecule has 0 amide bonds. The zero-order valence-corrected chi connectivity index (χ0v) is 14.5. The molecule has 0 spiro atoms. The Balaban J connectivity index is 0.00000156. The molecule has 0 aliphatic carbocycles. The zero-order valence-electron chi connectivity index (χ0n) is 11.3. The Morgan fingerprint density at radius 3 is 2.65 bits per heavy atom. The Morgan fingerprint density at radius 2 is 1.87 bits per heavy atom. The Labute approximate surface area is 147 Å². The zero-order chi connectivity index (χ0) is 15.1. The Hall–Kier alpha value is -2.02. The molecule has 2 aromatic heterocycles. The summed E-state index contributed by atoms with van der Waals surface area (Å²) in [5, 5.41) is 3.96. The standard InChI is InChI=1S/C15H7F2N4S.Ir/c16-10-4-2-5-11(17)14(10)21-15(18-7-20-21)9-3-1-6-12-13(9)19-8-22-12;/h1-2,4-8H;/q-1;. The van der Waals surface area contributed by atoms with Gasteiger partial charge in [0.25, 0.3) is 0 Å². The van der Waals surface area contributed by atoms with E-state index in [0.29, 0.717) is 16.9 Å². The first-order valence-electron chi connectivity index (χ1n) is 6.34. The van der Waals surface area contributed by atoms with Gasteiger partial charge in [0.05, 0.1) is 11.3 Å². The summed E-state index contributed by atoms with van der Waals surface area (Å²) < 4.78 is 30.1. The summed E-state index contributed by atoms with van der Waals surface area (Å²) in [7, 11) is 0. The summed E-state index contributed by atoms with van der Waals surface area (Å²) in [6.07, 6.45) is 1.25. The molecular weight excluding hydrogens is 498 g/mol. The van der Waals surface area contributed by atoms with Crippen LogP contribution in [0.15, 0.2) is 42.2 Å². The van der Waals surface area contributed by atoms with E-state index in [0.717, 1.165) is 9.38 Å². The number of thiazole rings is 1. The normalized spacial score (nSPS) is 10.7. The van der Waals surface area contributed by atoms with Crippen molar-refractivity contribution in [3.63, 3.8) is 0 Å². The van der Waals surface area contributed by atoms with E-state index in [1.165, 1.54) is 35.9 Å². The maximum absolute atomic E-state index is 14.0. The van der Waals surface area contributed by atoms with E-state index in [2.05, 4.69) is 21.1 Å².